The molecule has 0 spiro atoms. The highest BCUT2D eigenvalue weighted by Crippen LogP contribution is 2.30. The van der Waals surface area contributed by atoms with Gasteiger partial charge in [-0.05, 0) is 32.9 Å². The summed E-state index contributed by atoms with van der Waals surface area (Å²) in [6, 6.07) is 2.15. The molecule has 1 atom stereocenters. The lowest BCUT2D eigenvalue weighted by Crippen LogP contribution is -2.44. The maximum Gasteiger partial charge on any atom is 0.328 e. The van der Waals surface area contributed by atoms with Crippen molar-refractivity contribution in [1.82, 2.24) is 15.5 Å². The van der Waals surface area contributed by atoms with Crippen molar-refractivity contribution in [3.63, 3.8) is 0 Å². The van der Waals surface area contributed by atoms with Gasteiger partial charge in [-0.3, -0.25) is 4.79 Å². The minimum Gasteiger partial charge on any atom is -0.480 e. The molecular weight excluding hydrogens is 378 g/mol. The summed E-state index contributed by atoms with van der Waals surface area (Å²) in [6.07, 6.45) is 1.50. The number of carboxylic acid groups (broad SMARTS) is 1. The number of aryl methyl sites for hydroxylation is 3. The zero-order valence-corrected chi connectivity index (χ0v) is 16.3. The Bertz CT molecular complexity index is 1080. The number of aromatic nitrogens is 2. The number of carboxylic acids is 1. The third kappa shape index (κ3) is 4.19. The molecule has 29 heavy (non-hydrogen) atoms. The predicted octanol–water partition coefficient (Wildman–Crippen LogP) is 2.79. The molecule has 0 bridgehead atoms. The van der Waals surface area contributed by atoms with Crippen LogP contribution in [0.4, 0.5) is 0 Å². The first-order valence-corrected chi connectivity index (χ1v) is 8.88. The average Bonchev–Trinajstić information content (AvgIpc) is 3.21. The molecule has 0 saturated carbocycles. The van der Waals surface area contributed by atoms with Crippen LogP contribution in [0, 0.1) is 20.8 Å². The van der Waals surface area contributed by atoms with Crippen molar-refractivity contribution < 1.29 is 28.4 Å². The lowest BCUT2D eigenvalue weighted by molar-refractivity contribution is -0.140. The van der Waals surface area contributed by atoms with Gasteiger partial charge in [-0.25, -0.2) is 9.78 Å². The van der Waals surface area contributed by atoms with E-state index in [-0.39, 0.29) is 24.5 Å². The number of carbonyl (C=O) groups is 2. The molecule has 0 radical (unpaired) electrons. The van der Waals surface area contributed by atoms with Gasteiger partial charge in [0.05, 0.1) is 35.6 Å². The van der Waals surface area contributed by atoms with Gasteiger partial charge < -0.3 is 24.1 Å². The van der Waals surface area contributed by atoms with Crippen LogP contribution in [0.15, 0.2) is 33.7 Å². The van der Waals surface area contributed by atoms with Crippen molar-refractivity contribution in [3.05, 3.63) is 47.6 Å². The molecule has 9 nitrogen and oxygen atoms in total. The van der Waals surface area contributed by atoms with Crippen LogP contribution in [0.5, 0.6) is 0 Å². The Morgan fingerprint density at radius 2 is 2.10 bits per heavy atom. The normalized spacial score (nSPS) is 12.1. The lowest BCUT2D eigenvalue weighted by Gasteiger charge is -2.15. The highest BCUT2D eigenvalue weighted by Gasteiger charge is 2.25. The third-order valence-corrected chi connectivity index (χ3v) is 4.30. The van der Waals surface area contributed by atoms with E-state index in [4.69, 9.17) is 13.7 Å². The van der Waals surface area contributed by atoms with Gasteiger partial charge in [0.1, 0.15) is 11.5 Å². The molecule has 9 heteroatoms. The highest BCUT2D eigenvalue weighted by atomic mass is 16.5. The van der Waals surface area contributed by atoms with Gasteiger partial charge in [0, 0.05) is 5.56 Å². The number of ether oxygens (including phenoxy) is 1. The van der Waals surface area contributed by atoms with Crippen LogP contribution in [0.25, 0.3) is 22.4 Å². The number of furan rings is 1. The maximum atomic E-state index is 13.0. The fourth-order valence-corrected chi connectivity index (χ4v) is 2.98. The summed E-state index contributed by atoms with van der Waals surface area (Å²) in [4.78, 5) is 28.9. The molecule has 1 unspecified atom stereocenters. The molecule has 2 N–H and O–H groups in total. The van der Waals surface area contributed by atoms with Crippen molar-refractivity contribution in [2.45, 2.75) is 26.8 Å². The molecule has 0 aliphatic rings. The number of hydrogen-bond donors (Lipinski definition) is 2. The zero-order valence-electron chi connectivity index (χ0n) is 16.3. The fraction of sp³-hybridized carbons (Fsp3) is 0.300. The summed E-state index contributed by atoms with van der Waals surface area (Å²) in [7, 11) is 0. The van der Waals surface area contributed by atoms with Crippen LogP contribution in [-0.2, 0) is 9.53 Å². The second kappa shape index (κ2) is 8.27. The van der Waals surface area contributed by atoms with Crippen molar-refractivity contribution in [1.29, 1.82) is 0 Å². The average molecular weight is 399 g/mol. The molecular formula is C20H21N3O6. The van der Waals surface area contributed by atoms with Crippen LogP contribution in [0.2, 0.25) is 0 Å². The molecule has 152 valence electrons. The Balaban J connectivity index is 2.01. The van der Waals surface area contributed by atoms with Gasteiger partial charge in [0.2, 0.25) is 0 Å². The number of pyridine rings is 1. The van der Waals surface area contributed by atoms with E-state index in [1.54, 1.807) is 26.0 Å². The van der Waals surface area contributed by atoms with Gasteiger partial charge in [-0.1, -0.05) is 11.2 Å². The molecule has 3 aromatic heterocycles. The summed E-state index contributed by atoms with van der Waals surface area (Å²) < 4.78 is 16.0. The van der Waals surface area contributed by atoms with Crippen LogP contribution in [0.3, 0.4) is 0 Å². The van der Waals surface area contributed by atoms with Crippen molar-refractivity contribution >= 4 is 23.0 Å². The topological polar surface area (TPSA) is 128 Å². The molecule has 3 heterocycles. The number of nitrogens with one attached hydrogen (secondary N) is 1. The Hall–Kier alpha value is -3.46. The lowest BCUT2D eigenvalue weighted by atomic mass is 10.0. The minimum atomic E-state index is -1.23. The van der Waals surface area contributed by atoms with Gasteiger partial charge in [0.25, 0.3) is 11.6 Å². The first-order chi connectivity index (χ1) is 13.8. The Morgan fingerprint density at radius 1 is 1.34 bits per heavy atom. The summed E-state index contributed by atoms with van der Waals surface area (Å²) in [5, 5.41) is 16.2. The van der Waals surface area contributed by atoms with E-state index in [0.29, 0.717) is 33.9 Å². The first-order valence-electron chi connectivity index (χ1n) is 8.88. The summed E-state index contributed by atoms with van der Waals surface area (Å²) >= 11 is 0. The number of aliphatic carboxylic acids is 1. The van der Waals surface area contributed by atoms with Crippen molar-refractivity contribution in [3.8, 4) is 11.3 Å². The van der Waals surface area contributed by atoms with Crippen LogP contribution >= 0.6 is 0 Å². The highest BCUT2D eigenvalue weighted by molar-refractivity contribution is 6.08. The molecule has 0 aliphatic heterocycles. The van der Waals surface area contributed by atoms with E-state index >= 15 is 0 Å². The maximum absolute atomic E-state index is 13.0. The molecule has 3 rings (SSSR count). The number of fused-ring (bicyclic) bond motifs is 1. The van der Waals surface area contributed by atoms with E-state index in [9.17, 15) is 14.7 Å². The van der Waals surface area contributed by atoms with Crippen LogP contribution < -0.4 is 5.32 Å². The fourth-order valence-electron chi connectivity index (χ4n) is 2.98. The van der Waals surface area contributed by atoms with E-state index in [1.165, 1.54) is 6.08 Å². The zero-order chi connectivity index (χ0) is 21.1. The predicted molar refractivity (Wildman–Crippen MR) is 104 cm³/mol. The van der Waals surface area contributed by atoms with E-state index in [2.05, 4.69) is 22.0 Å². The van der Waals surface area contributed by atoms with Crippen LogP contribution in [0.1, 0.15) is 27.6 Å². The van der Waals surface area contributed by atoms with E-state index in [1.807, 2.05) is 6.92 Å². The summed E-state index contributed by atoms with van der Waals surface area (Å²) in [6.45, 7) is 8.76. The van der Waals surface area contributed by atoms with Gasteiger partial charge in [-0.2, -0.15) is 0 Å². The van der Waals surface area contributed by atoms with E-state index in [0.717, 1.165) is 0 Å². The van der Waals surface area contributed by atoms with Crippen molar-refractivity contribution in [2.75, 3.05) is 13.2 Å². The number of rotatable bonds is 8. The number of amides is 1. The molecule has 0 fully saturated rings. The standard InChI is InChI=1S/C20H21N3O6/c1-5-6-27-9-16(20(25)26)21-18(24)14-8-15(13-7-10(2)28-12(13)4)22-19-17(14)11(3)23-29-19/h5,7-8,16H,1,6,9H2,2-4H3,(H,21,24)(H,25,26). The monoisotopic (exact) mass is 399 g/mol. The Kier molecular flexibility index (Phi) is 5.79. The summed E-state index contributed by atoms with van der Waals surface area (Å²) in [5.74, 6) is -0.476. The van der Waals surface area contributed by atoms with Gasteiger partial charge in [0.15, 0.2) is 6.04 Å². The first kappa shape index (κ1) is 20.3. The second-order valence-electron chi connectivity index (χ2n) is 6.52. The molecule has 3 aromatic rings. The quantitative estimate of drug-likeness (QED) is 0.437. The molecule has 0 aliphatic carbocycles. The minimum absolute atomic E-state index is 0.174. The molecule has 0 saturated heterocycles. The van der Waals surface area contributed by atoms with Crippen molar-refractivity contribution in [2.24, 2.45) is 0 Å². The smallest absolute Gasteiger partial charge is 0.328 e. The van der Waals surface area contributed by atoms with E-state index < -0.39 is 17.9 Å². The molecule has 0 aromatic carbocycles. The largest absolute Gasteiger partial charge is 0.480 e. The SMILES string of the molecule is C=CCOCC(NC(=O)c1cc(-c2cc(C)oc2C)nc2onc(C)c12)C(=O)O. The van der Waals surface area contributed by atoms with Gasteiger partial charge >= 0.3 is 5.97 Å². The molecule has 1 amide bonds. The third-order valence-electron chi connectivity index (χ3n) is 4.30. The summed E-state index contributed by atoms with van der Waals surface area (Å²) in [5.41, 5.74) is 2.02. The second-order valence-corrected chi connectivity index (χ2v) is 6.52. The van der Waals surface area contributed by atoms with Crippen LogP contribution in [-0.4, -0.2) is 46.4 Å². The van der Waals surface area contributed by atoms with Gasteiger partial charge in [-0.15, -0.1) is 6.58 Å². The Labute approximate surface area is 166 Å². The number of nitrogens with zero attached hydrogens (tertiary/aromatic N) is 2. The number of hydrogen-bond acceptors (Lipinski definition) is 7. The number of carbonyl (C=O) groups excluding carboxylic acids is 1. The Morgan fingerprint density at radius 3 is 2.72 bits per heavy atom.